The van der Waals surface area contributed by atoms with Gasteiger partial charge < -0.3 is 14.4 Å². The molecule has 3 rings (SSSR count). The van der Waals surface area contributed by atoms with Crippen molar-refractivity contribution in [2.45, 2.75) is 18.6 Å². The van der Waals surface area contributed by atoms with Crippen molar-refractivity contribution >= 4 is 12.0 Å². The standard InChI is InChI=1S/C9H11N3O2/c13-9(4-14-5-9)3-12-6-11-8-7(12)1-2-10-8/h2,6,13H,1,3-5H2. The molecule has 0 spiro atoms. The van der Waals surface area contributed by atoms with Crippen molar-refractivity contribution in [3.63, 3.8) is 0 Å². The molecule has 0 saturated carbocycles. The van der Waals surface area contributed by atoms with Gasteiger partial charge in [-0.05, 0) is 0 Å². The fourth-order valence-corrected chi connectivity index (χ4v) is 1.81. The molecule has 0 aliphatic carbocycles. The van der Waals surface area contributed by atoms with Crippen LogP contribution in [0.3, 0.4) is 0 Å². The Morgan fingerprint density at radius 2 is 2.43 bits per heavy atom. The Morgan fingerprint density at radius 1 is 1.57 bits per heavy atom. The molecule has 1 aromatic rings. The molecule has 2 aliphatic heterocycles. The maximum absolute atomic E-state index is 9.90. The average molecular weight is 193 g/mol. The molecule has 0 unspecified atom stereocenters. The highest BCUT2D eigenvalue weighted by Gasteiger charge is 2.37. The van der Waals surface area contributed by atoms with E-state index in [1.807, 2.05) is 10.8 Å². The molecule has 14 heavy (non-hydrogen) atoms. The van der Waals surface area contributed by atoms with E-state index in [9.17, 15) is 5.11 Å². The van der Waals surface area contributed by atoms with Gasteiger partial charge in [-0.1, -0.05) is 0 Å². The minimum atomic E-state index is -0.697. The van der Waals surface area contributed by atoms with Gasteiger partial charge in [0.05, 0.1) is 31.8 Å². The normalized spacial score (nSPS) is 22.1. The lowest BCUT2D eigenvalue weighted by Crippen LogP contribution is -2.52. The van der Waals surface area contributed by atoms with Crippen LogP contribution in [0.1, 0.15) is 5.69 Å². The summed E-state index contributed by atoms with van der Waals surface area (Å²) >= 11 is 0. The summed E-state index contributed by atoms with van der Waals surface area (Å²) in [6.07, 6.45) is 4.39. The molecule has 74 valence electrons. The SMILES string of the molecule is OC1(Cn2cnc3c2CC=N3)COC1. The minimum absolute atomic E-state index is 0.417. The lowest BCUT2D eigenvalue weighted by molar-refractivity contribution is -0.185. The first-order valence-electron chi connectivity index (χ1n) is 4.64. The van der Waals surface area contributed by atoms with Crippen LogP contribution in [0, 0.1) is 0 Å². The molecule has 5 nitrogen and oxygen atoms in total. The van der Waals surface area contributed by atoms with Crippen molar-refractivity contribution in [2.75, 3.05) is 13.2 Å². The zero-order chi connectivity index (χ0) is 9.60. The number of hydrogen-bond donors (Lipinski definition) is 1. The molecule has 1 N–H and O–H groups in total. The second kappa shape index (κ2) is 2.65. The molecule has 0 radical (unpaired) electrons. The van der Waals surface area contributed by atoms with Crippen LogP contribution < -0.4 is 0 Å². The highest BCUT2D eigenvalue weighted by Crippen LogP contribution is 2.25. The predicted octanol–water partition coefficient (Wildman–Crippen LogP) is -0.0972. The van der Waals surface area contributed by atoms with Crippen LogP contribution in [0.2, 0.25) is 0 Å². The molecule has 0 atom stereocenters. The van der Waals surface area contributed by atoms with Crippen molar-refractivity contribution < 1.29 is 9.84 Å². The Hall–Kier alpha value is -1.20. The van der Waals surface area contributed by atoms with Crippen LogP contribution in [-0.2, 0) is 17.7 Å². The van der Waals surface area contributed by atoms with E-state index in [1.54, 1.807) is 6.33 Å². The molecule has 3 heterocycles. The van der Waals surface area contributed by atoms with Gasteiger partial charge in [0.25, 0.3) is 0 Å². The van der Waals surface area contributed by atoms with E-state index < -0.39 is 5.60 Å². The van der Waals surface area contributed by atoms with Crippen LogP contribution in [0.25, 0.3) is 0 Å². The van der Waals surface area contributed by atoms with Gasteiger partial charge in [-0.3, -0.25) is 0 Å². The summed E-state index contributed by atoms with van der Waals surface area (Å²) in [5.74, 6) is 0.786. The Bertz CT molecular complexity index is 393. The molecule has 0 amide bonds. The van der Waals surface area contributed by atoms with E-state index in [-0.39, 0.29) is 0 Å². The lowest BCUT2D eigenvalue weighted by atomic mass is 10.0. The van der Waals surface area contributed by atoms with Gasteiger partial charge in [-0.2, -0.15) is 0 Å². The molecule has 0 aromatic carbocycles. The molecule has 2 aliphatic rings. The first-order valence-corrected chi connectivity index (χ1v) is 4.64. The van der Waals surface area contributed by atoms with Gasteiger partial charge in [-0.15, -0.1) is 0 Å². The number of ether oxygens (including phenoxy) is 1. The average Bonchev–Trinajstić information content (AvgIpc) is 2.66. The van der Waals surface area contributed by atoms with Crippen molar-refractivity contribution in [1.82, 2.24) is 9.55 Å². The van der Waals surface area contributed by atoms with E-state index in [2.05, 4.69) is 9.98 Å². The number of fused-ring (bicyclic) bond motifs is 1. The maximum atomic E-state index is 9.90. The van der Waals surface area contributed by atoms with Crippen molar-refractivity contribution in [3.8, 4) is 0 Å². The first-order chi connectivity index (χ1) is 6.77. The first kappa shape index (κ1) is 8.14. The van der Waals surface area contributed by atoms with Crippen LogP contribution in [0.15, 0.2) is 11.3 Å². The van der Waals surface area contributed by atoms with Gasteiger partial charge in [0.15, 0.2) is 5.82 Å². The zero-order valence-corrected chi connectivity index (χ0v) is 7.68. The number of rotatable bonds is 2. The lowest BCUT2D eigenvalue weighted by Gasteiger charge is -2.36. The van der Waals surface area contributed by atoms with E-state index >= 15 is 0 Å². The molecule has 1 saturated heterocycles. The van der Waals surface area contributed by atoms with Crippen molar-refractivity contribution in [1.29, 1.82) is 0 Å². The molecular weight excluding hydrogens is 182 g/mol. The number of nitrogens with zero attached hydrogens (tertiary/aromatic N) is 3. The summed E-state index contributed by atoms with van der Waals surface area (Å²) in [6, 6.07) is 0. The molecule has 5 heteroatoms. The number of aliphatic imine (C=N–C) groups is 1. The third kappa shape index (κ3) is 1.09. The Labute approximate surface area is 81.1 Å². The summed E-state index contributed by atoms with van der Waals surface area (Å²) in [6.45, 7) is 1.39. The summed E-state index contributed by atoms with van der Waals surface area (Å²) in [5, 5.41) is 9.90. The second-order valence-electron chi connectivity index (χ2n) is 3.88. The third-order valence-corrected chi connectivity index (χ3v) is 2.63. The van der Waals surface area contributed by atoms with Gasteiger partial charge in [-0.25, -0.2) is 9.98 Å². The fourth-order valence-electron chi connectivity index (χ4n) is 1.81. The Kier molecular flexibility index (Phi) is 1.54. The van der Waals surface area contributed by atoms with Crippen molar-refractivity contribution in [2.24, 2.45) is 4.99 Å². The largest absolute Gasteiger partial charge is 0.383 e. The number of imidazole rings is 1. The molecule has 1 aromatic heterocycles. The number of hydrogen-bond acceptors (Lipinski definition) is 4. The van der Waals surface area contributed by atoms with E-state index in [0.29, 0.717) is 19.8 Å². The van der Waals surface area contributed by atoms with E-state index in [1.165, 1.54) is 0 Å². The van der Waals surface area contributed by atoms with Crippen LogP contribution in [-0.4, -0.2) is 39.7 Å². The topological polar surface area (TPSA) is 59.6 Å². The quantitative estimate of drug-likeness (QED) is 0.713. The molecule has 1 fully saturated rings. The monoisotopic (exact) mass is 193 g/mol. The minimum Gasteiger partial charge on any atom is -0.383 e. The van der Waals surface area contributed by atoms with Gasteiger partial charge in [0, 0.05) is 12.6 Å². The van der Waals surface area contributed by atoms with Gasteiger partial charge >= 0.3 is 0 Å². The second-order valence-corrected chi connectivity index (χ2v) is 3.88. The fraction of sp³-hybridized carbons (Fsp3) is 0.556. The predicted molar refractivity (Wildman–Crippen MR) is 49.9 cm³/mol. The maximum Gasteiger partial charge on any atom is 0.173 e. The number of aromatic nitrogens is 2. The Morgan fingerprint density at radius 3 is 3.14 bits per heavy atom. The molecule has 0 bridgehead atoms. The van der Waals surface area contributed by atoms with E-state index in [0.717, 1.165) is 17.9 Å². The third-order valence-electron chi connectivity index (χ3n) is 2.63. The van der Waals surface area contributed by atoms with E-state index in [4.69, 9.17) is 4.74 Å². The highest BCUT2D eigenvalue weighted by molar-refractivity contribution is 5.72. The smallest absolute Gasteiger partial charge is 0.173 e. The summed E-state index contributed by atoms with van der Waals surface area (Å²) in [4.78, 5) is 8.28. The van der Waals surface area contributed by atoms with Gasteiger partial charge in [0.1, 0.15) is 5.60 Å². The van der Waals surface area contributed by atoms with Gasteiger partial charge in [0.2, 0.25) is 0 Å². The highest BCUT2D eigenvalue weighted by atomic mass is 16.5. The summed E-state index contributed by atoms with van der Waals surface area (Å²) in [7, 11) is 0. The number of aliphatic hydroxyl groups is 1. The Balaban J connectivity index is 1.84. The summed E-state index contributed by atoms with van der Waals surface area (Å²) < 4.78 is 6.95. The zero-order valence-electron chi connectivity index (χ0n) is 7.68. The van der Waals surface area contributed by atoms with Crippen molar-refractivity contribution in [3.05, 3.63) is 12.0 Å². The summed E-state index contributed by atoms with van der Waals surface area (Å²) in [5.41, 5.74) is 0.391. The molecular formula is C9H11N3O2. The van der Waals surface area contributed by atoms with Crippen LogP contribution in [0.5, 0.6) is 0 Å². The van der Waals surface area contributed by atoms with Crippen LogP contribution in [0.4, 0.5) is 5.82 Å². The van der Waals surface area contributed by atoms with Crippen LogP contribution >= 0.6 is 0 Å².